The van der Waals surface area contributed by atoms with E-state index in [4.69, 9.17) is 0 Å². The van der Waals surface area contributed by atoms with Crippen LogP contribution in [-0.2, 0) is 6.42 Å². The van der Waals surface area contributed by atoms with Crippen molar-refractivity contribution in [2.45, 2.75) is 57.5 Å². The molecule has 1 heterocycles. The average molecular weight is 233 g/mol. The highest BCUT2D eigenvalue weighted by molar-refractivity contribution is 5.09. The second kappa shape index (κ2) is 6.75. The molecule has 2 nitrogen and oxygen atoms in total. The van der Waals surface area contributed by atoms with E-state index in [1.54, 1.807) is 6.20 Å². The van der Waals surface area contributed by atoms with Gasteiger partial charge in [-0.15, -0.1) is 0 Å². The molecule has 0 radical (unpaired) electrons. The Labute approximate surface area is 104 Å². The lowest BCUT2D eigenvalue weighted by Crippen LogP contribution is -2.16. The Morgan fingerprint density at radius 1 is 1.24 bits per heavy atom. The Hall–Kier alpha value is -0.890. The number of hydrogen-bond donors (Lipinski definition) is 1. The summed E-state index contributed by atoms with van der Waals surface area (Å²) in [4.78, 5) is 4.09. The lowest BCUT2D eigenvalue weighted by atomic mass is 9.91. The van der Waals surface area contributed by atoms with Gasteiger partial charge in [0.1, 0.15) is 0 Å². The molecule has 1 N–H and O–H groups in total. The zero-order valence-corrected chi connectivity index (χ0v) is 10.5. The number of aliphatic hydroxyl groups is 1. The van der Waals surface area contributed by atoms with E-state index in [-0.39, 0.29) is 6.10 Å². The Morgan fingerprint density at radius 2 is 2.00 bits per heavy atom. The van der Waals surface area contributed by atoms with Crippen molar-refractivity contribution >= 4 is 0 Å². The van der Waals surface area contributed by atoms with E-state index in [0.717, 1.165) is 24.3 Å². The van der Waals surface area contributed by atoms with Crippen LogP contribution in [0.2, 0.25) is 0 Å². The van der Waals surface area contributed by atoms with Crippen molar-refractivity contribution in [3.05, 3.63) is 30.1 Å². The van der Waals surface area contributed by atoms with Gasteiger partial charge in [0, 0.05) is 12.4 Å². The molecule has 0 bridgehead atoms. The summed E-state index contributed by atoms with van der Waals surface area (Å²) in [5, 5.41) is 10.1. The maximum absolute atomic E-state index is 10.1. The molecule has 1 atom stereocenters. The van der Waals surface area contributed by atoms with Crippen LogP contribution in [0.25, 0.3) is 0 Å². The summed E-state index contributed by atoms with van der Waals surface area (Å²) < 4.78 is 0. The van der Waals surface area contributed by atoms with E-state index in [2.05, 4.69) is 4.98 Å². The van der Waals surface area contributed by atoms with Gasteiger partial charge in [-0.25, -0.2) is 0 Å². The van der Waals surface area contributed by atoms with Crippen LogP contribution in [0.5, 0.6) is 0 Å². The minimum Gasteiger partial charge on any atom is -0.393 e. The highest BCUT2D eigenvalue weighted by Gasteiger charge is 2.16. The minimum atomic E-state index is -0.192. The molecule has 2 heteroatoms. The first-order valence-corrected chi connectivity index (χ1v) is 6.91. The zero-order chi connectivity index (χ0) is 11.9. The zero-order valence-electron chi connectivity index (χ0n) is 10.5. The summed E-state index contributed by atoms with van der Waals surface area (Å²) in [6, 6.07) is 3.98. The SMILES string of the molecule is OC(Cc1cccnc1)CC1CCCCCC1. The second-order valence-corrected chi connectivity index (χ2v) is 5.31. The lowest BCUT2D eigenvalue weighted by Gasteiger charge is -2.18. The molecule has 1 fully saturated rings. The van der Waals surface area contributed by atoms with Gasteiger partial charge in [-0.05, 0) is 30.4 Å². The first-order valence-electron chi connectivity index (χ1n) is 6.91. The molecule has 1 aliphatic carbocycles. The van der Waals surface area contributed by atoms with E-state index >= 15 is 0 Å². The summed E-state index contributed by atoms with van der Waals surface area (Å²) >= 11 is 0. The summed E-state index contributed by atoms with van der Waals surface area (Å²) in [7, 11) is 0. The van der Waals surface area contributed by atoms with Crippen molar-refractivity contribution in [1.82, 2.24) is 4.98 Å². The van der Waals surface area contributed by atoms with Crippen LogP contribution in [0.15, 0.2) is 24.5 Å². The molecule has 0 saturated heterocycles. The summed E-state index contributed by atoms with van der Waals surface area (Å²) in [6.07, 6.45) is 13.3. The van der Waals surface area contributed by atoms with Gasteiger partial charge in [0.2, 0.25) is 0 Å². The van der Waals surface area contributed by atoms with Crippen LogP contribution in [0.4, 0.5) is 0 Å². The van der Waals surface area contributed by atoms with Crippen LogP contribution in [-0.4, -0.2) is 16.2 Å². The molecule has 17 heavy (non-hydrogen) atoms. The fourth-order valence-electron chi connectivity index (χ4n) is 2.86. The first kappa shape index (κ1) is 12.6. The van der Waals surface area contributed by atoms with Gasteiger partial charge in [-0.3, -0.25) is 4.98 Å². The van der Waals surface area contributed by atoms with Crippen LogP contribution in [0.3, 0.4) is 0 Å². The number of pyridine rings is 1. The van der Waals surface area contributed by atoms with Gasteiger partial charge in [0.25, 0.3) is 0 Å². The molecule has 2 rings (SSSR count). The third-order valence-corrected chi connectivity index (χ3v) is 3.77. The van der Waals surface area contributed by atoms with E-state index in [1.807, 2.05) is 18.3 Å². The summed E-state index contributed by atoms with van der Waals surface area (Å²) in [5.41, 5.74) is 1.15. The van der Waals surface area contributed by atoms with Gasteiger partial charge in [0.05, 0.1) is 6.10 Å². The molecule has 1 aliphatic rings. The van der Waals surface area contributed by atoms with Crippen molar-refractivity contribution in [2.24, 2.45) is 5.92 Å². The number of aromatic nitrogens is 1. The Kier molecular flexibility index (Phi) is 4.99. The predicted octanol–water partition coefficient (Wildman–Crippen LogP) is 3.35. The van der Waals surface area contributed by atoms with Gasteiger partial charge in [-0.2, -0.15) is 0 Å². The lowest BCUT2D eigenvalue weighted by molar-refractivity contribution is 0.137. The average Bonchev–Trinajstić information content (AvgIpc) is 2.59. The standard InChI is InChI=1S/C15H23NO/c17-15(11-14-8-5-9-16-12-14)10-13-6-3-1-2-4-7-13/h5,8-9,12-13,15,17H,1-4,6-7,10-11H2. The topological polar surface area (TPSA) is 33.1 Å². The van der Waals surface area contributed by atoms with Crippen molar-refractivity contribution < 1.29 is 5.11 Å². The van der Waals surface area contributed by atoms with Gasteiger partial charge < -0.3 is 5.11 Å². The fourth-order valence-corrected chi connectivity index (χ4v) is 2.86. The van der Waals surface area contributed by atoms with Crippen molar-refractivity contribution in [3.8, 4) is 0 Å². The van der Waals surface area contributed by atoms with Crippen molar-refractivity contribution in [3.63, 3.8) is 0 Å². The highest BCUT2D eigenvalue weighted by Crippen LogP contribution is 2.27. The quantitative estimate of drug-likeness (QED) is 0.809. The van der Waals surface area contributed by atoms with E-state index in [0.29, 0.717) is 0 Å². The van der Waals surface area contributed by atoms with Crippen LogP contribution >= 0.6 is 0 Å². The maximum Gasteiger partial charge on any atom is 0.0583 e. The summed E-state index contributed by atoms with van der Waals surface area (Å²) in [5.74, 6) is 0.740. The molecule has 1 unspecified atom stereocenters. The maximum atomic E-state index is 10.1. The Bertz CT molecular complexity index is 304. The molecule has 0 spiro atoms. The smallest absolute Gasteiger partial charge is 0.0583 e. The molecular formula is C15H23NO. The first-order chi connectivity index (χ1) is 8.34. The summed E-state index contributed by atoms with van der Waals surface area (Å²) in [6.45, 7) is 0. The molecule has 1 saturated carbocycles. The van der Waals surface area contributed by atoms with Gasteiger partial charge >= 0.3 is 0 Å². The normalized spacial score (nSPS) is 19.8. The molecule has 0 amide bonds. The second-order valence-electron chi connectivity index (χ2n) is 5.31. The predicted molar refractivity (Wildman–Crippen MR) is 69.8 cm³/mol. The van der Waals surface area contributed by atoms with E-state index in [1.165, 1.54) is 38.5 Å². The minimum absolute atomic E-state index is 0.192. The number of nitrogens with zero attached hydrogens (tertiary/aromatic N) is 1. The van der Waals surface area contributed by atoms with Gasteiger partial charge in [-0.1, -0.05) is 44.6 Å². The van der Waals surface area contributed by atoms with Crippen molar-refractivity contribution in [2.75, 3.05) is 0 Å². The molecule has 94 valence electrons. The largest absolute Gasteiger partial charge is 0.393 e. The number of aliphatic hydroxyl groups excluding tert-OH is 1. The van der Waals surface area contributed by atoms with Crippen LogP contribution in [0, 0.1) is 5.92 Å². The van der Waals surface area contributed by atoms with E-state index < -0.39 is 0 Å². The number of rotatable bonds is 4. The Morgan fingerprint density at radius 3 is 2.65 bits per heavy atom. The monoisotopic (exact) mass is 233 g/mol. The van der Waals surface area contributed by atoms with Crippen LogP contribution < -0.4 is 0 Å². The molecule has 0 aromatic carbocycles. The fraction of sp³-hybridized carbons (Fsp3) is 0.667. The highest BCUT2D eigenvalue weighted by atomic mass is 16.3. The van der Waals surface area contributed by atoms with Crippen LogP contribution in [0.1, 0.15) is 50.5 Å². The van der Waals surface area contributed by atoms with Crippen molar-refractivity contribution in [1.29, 1.82) is 0 Å². The van der Waals surface area contributed by atoms with Gasteiger partial charge in [0.15, 0.2) is 0 Å². The molecule has 0 aliphatic heterocycles. The van der Waals surface area contributed by atoms with E-state index in [9.17, 15) is 5.11 Å². The molecule has 1 aromatic rings. The Balaban J connectivity index is 1.78. The molecule has 1 aromatic heterocycles. The molecular weight excluding hydrogens is 210 g/mol. The number of hydrogen-bond acceptors (Lipinski definition) is 2. The third-order valence-electron chi connectivity index (χ3n) is 3.77. The third kappa shape index (κ3) is 4.47.